The highest BCUT2D eigenvalue weighted by Gasteiger charge is 2.39. The molecule has 0 bridgehead atoms. The first kappa shape index (κ1) is 28.6. The van der Waals surface area contributed by atoms with Gasteiger partial charge >= 0.3 is 0 Å². The molecule has 1 atom stereocenters. The van der Waals surface area contributed by atoms with Gasteiger partial charge in [-0.1, -0.05) is 55.1 Å². The van der Waals surface area contributed by atoms with Crippen molar-refractivity contribution in [2.75, 3.05) is 45.8 Å². The van der Waals surface area contributed by atoms with Crippen LogP contribution in [0.2, 0.25) is 5.02 Å². The number of hydrogen-bond acceptors (Lipinski definition) is 3. The van der Waals surface area contributed by atoms with Crippen LogP contribution in [-0.2, 0) is 16.6 Å². The molecule has 2 saturated heterocycles. The SMILES string of the molecule is Cc1ccc([C@@]2(CCN3CCN(C4CCCCC4)CC3)CCCN(C(=O)Cc3c(F)cccc3Cl)C2)cc1C. The Morgan fingerprint density at radius 1 is 0.974 bits per heavy atom. The van der Waals surface area contributed by atoms with Crippen molar-refractivity contribution in [3.8, 4) is 0 Å². The lowest BCUT2D eigenvalue weighted by Gasteiger charge is -2.46. The first-order chi connectivity index (χ1) is 18.8. The van der Waals surface area contributed by atoms with Crippen LogP contribution in [0.1, 0.15) is 73.6 Å². The minimum absolute atomic E-state index is 0.0115. The van der Waals surface area contributed by atoms with E-state index in [1.807, 2.05) is 4.90 Å². The summed E-state index contributed by atoms with van der Waals surface area (Å²) in [5, 5.41) is 0.327. The zero-order valence-electron chi connectivity index (χ0n) is 23.9. The third-order valence-corrected chi connectivity index (χ3v) is 10.2. The van der Waals surface area contributed by atoms with Crippen LogP contribution in [0.25, 0.3) is 0 Å². The Bertz CT molecular complexity index is 1120. The van der Waals surface area contributed by atoms with E-state index < -0.39 is 5.82 Å². The molecule has 3 aliphatic rings. The number of likely N-dealkylation sites (tertiary alicyclic amines) is 1. The zero-order chi connectivity index (χ0) is 27.4. The molecule has 1 amide bonds. The number of hydrogen-bond donors (Lipinski definition) is 0. The predicted octanol–water partition coefficient (Wildman–Crippen LogP) is 6.54. The van der Waals surface area contributed by atoms with Crippen LogP contribution >= 0.6 is 11.6 Å². The van der Waals surface area contributed by atoms with Crippen molar-refractivity contribution >= 4 is 17.5 Å². The van der Waals surface area contributed by atoms with Gasteiger partial charge in [-0.3, -0.25) is 9.69 Å². The molecule has 1 saturated carbocycles. The minimum Gasteiger partial charge on any atom is -0.342 e. The summed E-state index contributed by atoms with van der Waals surface area (Å²) in [5.74, 6) is -0.434. The van der Waals surface area contributed by atoms with Crippen molar-refractivity contribution in [1.82, 2.24) is 14.7 Å². The zero-order valence-corrected chi connectivity index (χ0v) is 24.6. The van der Waals surface area contributed by atoms with Gasteiger partial charge in [0.1, 0.15) is 5.82 Å². The summed E-state index contributed by atoms with van der Waals surface area (Å²) >= 11 is 6.27. The molecule has 1 aliphatic carbocycles. The number of rotatable bonds is 7. The lowest BCUT2D eigenvalue weighted by atomic mass is 9.71. The summed E-state index contributed by atoms with van der Waals surface area (Å²) in [6.07, 6.45) is 10.0. The normalized spacial score (nSPS) is 23.7. The first-order valence-corrected chi connectivity index (χ1v) is 15.5. The van der Waals surface area contributed by atoms with Crippen LogP contribution in [0.3, 0.4) is 0 Å². The van der Waals surface area contributed by atoms with Gasteiger partial charge in [0.25, 0.3) is 0 Å². The lowest BCUT2D eigenvalue weighted by molar-refractivity contribution is -0.133. The number of carbonyl (C=O) groups excluding carboxylic acids is 1. The van der Waals surface area contributed by atoms with E-state index in [0.717, 1.165) is 51.5 Å². The maximum absolute atomic E-state index is 14.5. The minimum atomic E-state index is -0.402. The molecular weight excluding hydrogens is 509 g/mol. The monoisotopic (exact) mass is 553 g/mol. The van der Waals surface area contributed by atoms with Gasteiger partial charge in [-0.15, -0.1) is 0 Å². The average Bonchev–Trinajstić information content (AvgIpc) is 2.96. The number of carbonyl (C=O) groups is 1. The fourth-order valence-electron chi connectivity index (χ4n) is 7.13. The number of piperidine rings is 1. The third-order valence-electron chi connectivity index (χ3n) is 9.84. The highest BCUT2D eigenvalue weighted by molar-refractivity contribution is 6.31. The van der Waals surface area contributed by atoms with Crippen molar-refractivity contribution in [2.45, 2.75) is 83.1 Å². The van der Waals surface area contributed by atoms with Gasteiger partial charge in [0.2, 0.25) is 5.91 Å². The number of halogens is 2. The molecule has 2 heterocycles. The summed E-state index contributed by atoms with van der Waals surface area (Å²) in [7, 11) is 0. The average molecular weight is 554 g/mol. The van der Waals surface area contributed by atoms with Crippen LogP contribution in [0.15, 0.2) is 36.4 Å². The molecule has 39 heavy (non-hydrogen) atoms. The van der Waals surface area contributed by atoms with E-state index in [4.69, 9.17) is 11.6 Å². The molecule has 2 aromatic rings. The van der Waals surface area contributed by atoms with E-state index in [0.29, 0.717) is 17.1 Å². The first-order valence-electron chi connectivity index (χ1n) is 15.1. The van der Waals surface area contributed by atoms with Gasteiger partial charge in [-0.25, -0.2) is 4.39 Å². The second-order valence-electron chi connectivity index (χ2n) is 12.3. The molecule has 6 heteroatoms. The van der Waals surface area contributed by atoms with Gasteiger partial charge in [-0.2, -0.15) is 0 Å². The fraction of sp³-hybridized carbons (Fsp3) is 0.606. The molecule has 0 radical (unpaired) electrons. The Hall–Kier alpha value is -1.95. The maximum atomic E-state index is 14.5. The van der Waals surface area contributed by atoms with Gasteiger partial charge < -0.3 is 9.80 Å². The molecule has 4 nitrogen and oxygen atoms in total. The van der Waals surface area contributed by atoms with Crippen LogP contribution in [0.5, 0.6) is 0 Å². The second kappa shape index (κ2) is 12.7. The molecule has 5 rings (SSSR count). The smallest absolute Gasteiger partial charge is 0.227 e. The van der Waals surface area contributed by atoms with E-state index in [2.05, 4.69) is 41.8 Å². The van der Waals surface area contributed by atoms with E-state index >= 15 is 0 Å². The van der Waals surface area contributed by atoms with E-state index in [-0.39, 0.29) is 17.7 Å². The summed E-state index contributed by atoms with van der Waals surface area (Å²) in [6.45, 7) is 11.4. The lowest BCUT2D eigenvalue weighted by Crippen LogP contribution is -2.53. The maximum Gasteiger partial charge on any atom is 0.227 e. The molecular formula is C33H45ClFN3O. The number of aryl methyl sites for hydroxylation is 2. The molecule has 0 aromatic heterocycles. The van der Waals surface area contributed by atoms with Crippen molar-refractivity contribution in [3.63, 3.8) is 0 Å². The summed E-state index contributed by atoms with van der Waals surface area (Å²) in [4.78, 5) is 20.8. The quantitative estimate of drug-likeness (QED) is 0.389. The Morgan fingerprint density at radius 2 is 1.74 bits per heavy atom. The number of nitrogens with zero attached hydrogens (tertiary/aromatic N) is 3. The summed E-state index contributed by atoms with van der Waals surface area (Å²) < 4.78 is 14.5. The van der Waals surface area contributed by atoms with Gasteiger partial charge in [0, 0.05) is 61.3 Å². The fourth-order valence-corrected chi connectivity index (χ4v) is 7.36. The van der Waals surface area contributed by atoms with E-state index in [1.54, 1.807) is 12.1 Å². The Labute approximate surface area is 239 Å². The highest BCUT2D eigenvalue weighted by Crippen LogP contribution is 2.39. The second-order valence-corrected chi connectivity index (χ2v) is 12.7. The molecule has 2 aliphatic heterocycles. The van der Waals surface area contributed by atoms with Crippen molar-refractivity contribution in [1.29, 1.82) is 0 Å². The van der Waals surface area contributed by atoms with Crippen LogP contribution in [-0.4, -0.2) is 72.5 Å². The van der Waals surface area contributed by atoms with Crippen molar-refractivity contribution in [2.24, 2.45) is 0 Å². The molecule has 0 N–H and O–H groups in total. The molecule has 0 spiro atoms. The Morgan fingerprint density at radius 3 is 2.46 bits per heavy atom. The van der Waals surface area contributed by atoms with Gasteiger partial charge in [0.05, 0.1) is 6.42 Å². The topological polar surface area (TPSA) is 26.8 Å². The summed E-state index contributed by atoms with van der Waals surface area (Å²) in [6, 6.07) is 12.3. The van der Waals surface area contributed by atoms with Crippen molar-refractivity contribution in [3.05, 3.63) is 69.5 Å². The Balaban J connectivity index is 1.29. The highest BCUT2D eigenvalue weighted by atomic mass is 35.5. The van der Waals surface area contributed by atoms with Crippen LogP contribution < -0.4 is 0 Å². The summed E-state index contributed by atoms with van der Waals surface area (Å²) in [5.41, 5.74) is 4.15. The predicted molar refractivity (Wildman–Crippen MR) is 158 cm³/mol. The van der Waals surface area contributed by atoms with E-state index in [9.17, 15) is 9.18 Å². The molecule has 212 valence electrons. The largest absolute Gasteiger partial charge is 0.342 e. The van der Waals surface area contributed by atoms with Gasteiger partial charge in [0.15, 0.2) is 0 Å². The number of piperazine rings is 1. The van der Waals surface area contributed by atoms with Crippen molar-refractivity contribution < 1.29 is 9.18 Å². The molecule has 2 aromatic carbocycles. The Kier molecular flexibility index (Phi) is 9.31. The number of benzene rings is 2. The molecule has 3 fully saturated rings. The van der Waals surface area contributed by atoms with E-state index in [1.165, 1.54) is 68.0 Å². The number of amides is 1. The molecule has 0 unspecified atom stereocenters. The van der Waals surface area contributed by atoms with Crippen LogP contribution in [0.4, 0.5) is 4.39 Å². The van der Waals surface area contributed by atoms with Gasteiger partial charge in [-0.05, 0) is 81.3 Å². The van der Waals surface area contributed by atoms with Crippen LogP contribution in [0, 0.1) is 19.7 Å². The standard InChI is InChI=1S/C33H45ClFN3O/c1-25-12-13-27(22-26(25)2)33(15-17-36-18-20-37(21-19-36)28-8-4-3-5-9-28)14-7-16-38(24-33)32(39)23-29-30(34)10-6-11-31(29)35/h6,10-13,22,28H,3-5,7-9,14-21,23-24H2,1-2H3/t33-/m1/s1. The third kappa shape index (κ3) is 6.69.